The van der Waals surface area contributed by atoms with Crippen molar-refractivity contribution in [3.63, 3.8) is 0 Å². The summed E-state index contributed by atoms with van der Waals surface area (Å²) in [5.74, 6) is 0. The van der Waals surface area contributed by atoms with Gasteiger partial charge in [-0.25, -0.2) is 0 Å². The van der Waals surface area contributed by atoms with Crippen LogP contribution in [0.2, 0.25) is 0 Å². The van der Waals surface area contributed by atoms with E-state index in [0.717, 1.165) is 5.56 Å². The molecule has 0 aliphatic carbocycles. The molecule has 0 unspecified atom stereocenters. The predicted octanol–water partition coefficient (Wildman–Crippen LogP) is 2.49. The summed E-state index contributed by atoms with van der Waals surface area (Å²) in [6, 6.07) is 6.29. The molecule has 1 heteroatoms. The van der Waals surface area contributed by atoms with Gasteiger partial charge in [-0.1, -0.05) is 35.4 Å². The van der Waals surface area contributed by atoms with Crippen molar-refractivity contribution < 1.29 is 0 Å². The Kier molecular flexibility index (Phi) is 2.66. The first-order valence-corrected chi connectivity index (χ1v) is 4.10. The van der Waals surface area contributed by atoms with Gasteiger partial charge >= 0.3 is 0 Å². The Labute approximate surface area is 73.9 Å². The van der Waals surface area contributed by atoms with Crippen molar-refractivity contribution in [2.24, 2.45) is 5.73 Å². The van der Waals surface area contributed by atoms with Crippen LogP contribution in [0.3, 0.4) is 0 Å². The van der Waals surface area contributed by atoms with Crippen LogP contribution >= 0.6 is 0 Å². The first-order valence-electron chi connectivity index (χ1n) is 4.10. The Hall–Kier alpha value is -1.08. The lowest BCUT2D eigenvalue weighted by atomic mass is 10.0. The first-order chi connectivity index (χ1) is 5.63. The Bertz CT molecular complexity index is 269. The predicted molar refractivity (Wildman–Crippen MR) is 53.0 cm³/mol. The first kappa shape index (κ1) is 9.01. The van der Waals surface area contributed by atoms with Crippen LogP contribution in [0.25, 0.3) is 0 Å². The SMILES string of the molecule is C=C[C@H](N)c1cc(C)cc(C)c1. The lowest BCUT2D eigenvalue weighted by molar-refractivity contribution is 0.910. The maximum atomic E-state index is 5.81. The van der Waals surface area contributed by atoms with Crippen LogP contribution in [0.1, 0.15) is 22.7 Å². The van der Waals surface area contributed by atoms with E-state index in [9.17, 15) is 0 Å². The molecule has 1 atom stereocenters. The molecular formula is C11H15N. The molecule has 1 nitrogen and oxygen atoms in total. The summed E-state index contributed by atoms with van der Waals surface area (Å²) < 4.78 is 0. The molecule has 12 heavy (non-hydrogen) atoms. The fraction of sp³-hybridized carbons (Fsp3) is 0.273. The highest BCUT2D eigenvalue weighted by molar-refractivity contribution is 5.31. The Balaban J connectivity index is 3.08. The molecule has 0 saturated heterocycles. The van der Waals surface area contributed by atoms with Crippen LogP contribution in [0.5, 0.6) is 0 Å². The Morgan fingerprint density at radius 2 is 1.75 bits per heavy atom. The maximum Gasteiger partial charge on any atom is 0.0478 e. The molecule has 0 saturated carbocycles. The molecule has 0 aromatic heterocycles. The normalized spacial score (nSPS) is 12.6. The second-order valence-corrected chi connectivity index (χ2v) is 3.18. The minimum atomic E-state index is -0.0383. The van der Waals surface area contributed by atoms with Crippen LogP contribution < -0.4 is 5.73 Å². The summed E-state index contributed by atoms with van der Waals surface area (Å²) in [5, 5.41) is 0. The topological polar surface area (TPSA) is 26.0 Å². The molecule has 64 valence electrons. The van der Waals surface area contributed by atoms with Gasteiger partial charge in [-0.15, -0.1) is 6.58 Å². The van der Waals surface area contributed by atoms with E-state index in [0.29, 0.717) is 0 Å². The van der Waals surface area contributed by atoms with Crippen LogP contribution in [0.15, 0.2) is 30.9 Å². The van der Waals surface area contributed by atoms with E-state index in [2.05, 4.69) is 38.6 Å². The minimum absolute atomic E-state index is 0.0383. The third-order valence-corrected chi connectivity index (χ3v) is 1.88. The van der Waals surface area contributed by atoms with Crippen molar-refractivity contribution >= 4 is 0 Å². The van der Waals surface area contributed by atoms with E-state index in [1.165, 1.54) is 11.1 Å². The molecule has 0 fully saturated rings. The number of hydrogen-bond donors (Lipinski definition) is 1. The number of nitrogens with two attached hydrogens (primary N) is 1. The molecule has 0 aliphatic rings. The van der Waals surface area contributed by atoms with Crippen molar-refractivity contribution in [2.75, 3.05) is 0 Å². The van der Waals surface area contributed by atoms with Crippen LogP contribution in [-0.4, -0.2) is 0 Å². The zero-order valence-corrected chi connectivity index (χ0v) is 7.67. The van der Waals surface area contributed by atoms with Crippen LogP contribution in [0, 0.1) is 13.8 Å². The van der Waals surface area contributed by atoms with Crippen molar-refractivity contribution in [3.8, 4) is 0 Å². The quantitative estimate of drug-likeness (QED) is 0.662. The fourth-order valence-electron chi connectivity index (χ4n) is 1.34. The van der Waals surface area contributed by atoms with Crippen LogP contribution in [-0.2, 0) is 0 Å². The average molecular weight is 161 g/mol. The molecule has 0 spiro atoms. The van der Waals surface area contributed by atoms with Gasteiger partial charge in [0, 0.05) is 6.04 Å². The standard InChI is InChI=1S/C11H15N/c1-4-11(12)10-6-8(2)5-9(3)7-10/h4-7,11H,1,12H2,2-3H3/t11-/m0/s1. The molecule has 0 bridgehead atoms. The van der Waals surface area contributed by atoms with E-state index in [4.69, 9.17) is 5.73 Å². The number of rotatable bonds is 2. The molecule has 0 amide bonds. The number of hydrogen-bond acceptors (Lipinski definition) is 1. The lowest BCUT2D eigenvalue weighted by Gasteiger charge is -2.08. The van der Waals surface area contributed by atoms with Crippen molar-refractivity contribution in [1.29, 1.82) is 0 Å². The van der Waals surface area contributed by atoms with Gasteiger partial charge in [-0.2, -0.15) is 0 Å². The van der Waals surface area contributed by atoms with Gasteiger partial charge in [0.25, 0.3) is 0 Å². The van der Waals surface area contributed by atoms with E-state index in [1.807, 2.05) is 0 Å². The van der Waals surface area contributed by atoms with Gasteiger partial charge in [0.1, 0.15) is 0 Å². The van der Waals surface area contributed by atoms with Gasteiger partial charge in [-0.3, -0.25) is 0 Å². The van der Waals surface area contributed by atoms with Gasteiger partial charge in [-0.05, 0) is 19.4 Å². The molecule has 1 aromatic rings. The molecule has 2 N–H and O–H groups in total. The van der Waals surface area contributed by atoms with Gasteiger partial charge in [0.2, 0.25) is 0 Å². The zero-order valence-electron chi connectivity index (χ0n) is 7.67. The third kappa shape index (κ3) is 1.95. The highest BCUT2D eigenvalue weighted by Gasteiger charge is 2.01. The summed E-state index contributed by atoms with van der Waals surface area (Å²) in [7, 11) is 0. The van der Waals surface area contributed by atoms with Gasteiger partial charge in [0.15, 0.2) is 0 Å². The Morgan fingerprint density at radius 1 is 1.25 bits per heavy atom. The fourth-order valence-corrected chi connectivity index (χ4v) is 1.34. The van der Waals surface area contributed by atoms with Crippen LogP contribution in [0.4, 0.5) is 0 Å². The molecule has 0 heterocycles. The third-order valence-electron chi connectivity index (χ3n) is 1.88. The summed E-state index contributed by atoms with van der Waals surface area (Å²) in [6.45, 7) is 7.82. The van der Waals surface area contributed by atoms with E-state index in [1.54, 1.807) is 6.08 Å². The average Bonchev–Trinajstić information content (AvgIpc) is 2.01. The molecule has 0 aliphatic heterocycles. The number of aryl methyl sites for hydroxylation is 2. The van der Waals surface area contributed by atoms with Crippen molar-refractivity contribution in [1.82, 2.24) is 0 Å². The second-order valence-electron chi connectivity index (χ2n) is 3.18. The maximum absolute atomic E-state index is 5.81. The molecular weight excluding hydrogens is 146 g/mol. The molecule has 0 radical (unpaired) electrons. The van der Waals surface area contributed by atoms with E-state index >= 15 is 0 Å². The summed E-state index contributed by atoms with van der Waals surface area (Å²) >= 11 is 0. The summed E-state index contributed by atoms with van der Waals surface area (Å²) in [6.07, 6.45) is 1.76. The highest BCUT2D eigenvalue weighted by atomic mass is 14.6. The molecule has 1 rings (SSSR count). The number of benzene rings is 1. The van der Waals surface area contributed by atoms with Gasteiger partial charge in [0.05, 0.1) is 0 Å². The Morgan fingerprint density at radius 3 is 2.17 bits per heavy atom. The van der Waals surface area contributed by atoms with E-state index in [-0.39, 0.29) is 6.04 Å². The lowest BCUT2D eigenvalue weighted by Crippen LogP contribution is -2.06. The summed E-state index contributed by atoms with van der Waals surface area (Å²) in [4.78, 5) is 0. The van der Waals surface area contributed by atoms with Gasteiger partial charge < -0.3 is 5.73 Å². The zero-order chi connectivity index (χ0) is 9.14. The van der Waals surface area contributed by atoms with Crippen molar-refractivity contribution in [3.05, 3.63) is 47.5 Å². The molecule has 1 aromatic carbocycles. The smallest absolute Gasteiger partial charge is 0.0478 e. The highest BCUT2D eigenvalue weighted by Crippen LogP contribution is 2.15. The van der Waals surface area contributed by atoms with E-state index < -0.39 is 0 Å². The second kappa shape index (κ2) is 3.55. The van der Waals surface area contributed by atoms with Crippen molar-refractivity contribution in [2.45, 2.75) is 19.9 Å². The summed E-state index contributed by atoms with van der Waals surface area (Å²) in [5.41, 5.74) is 9.46. The minimum Gasteiger partial charge on any atom is -0.321 e. The monoisotopic (exact) mass is 161 g/mol. The largest absolute Gasteiger partial charge is 0.321 e.